The molecule has 4 aromatic rings. The molecule has 1 fully saturated rings. The SMILES string of the molecule is Cc1c(C2(C#N)CCC(C)(C)CC2)sc2c(-c3cc(C(C)(C)C)c4ccccc4c3)ncnc12. The third-order valence-electron chi connectivity index (χ3n) is 7.75. The van der Waals surface area contributed by atoms with Crippen molar-refractivity contribution >= 4 is 32.3 Å². The first kappa shape index (κ1) is 23.0. The molecular weight excluding hydrogens is 434 g/mol. The van der Waals surface area contributed by atoms with E-state index in [1.54, 1.807) is 17.7 Å². The van der Waals surface area contributed by atoms with Crippen LogP contribution in [-0.4, -0.2) is 9.97 Å². The summed E-state index contributed by atoms with van der Waals surface area (Å²) in [6.07, 6.45) is 5.67. The van der Waals surface area contributed by atoms with Gasteiger partial charge in [0.15, 0.2) is 0 Å². The molecule has 1 saturated carbocycles. The Morgan fingerprint density at radius 3 is 2.38 bits per heavy atom. The number of hydrogen-bond donors (Lipinski definition) is 0. The van der Waals surface area contributed by atoms with Gasteiger partial charge in [0, 0.05) is 10.4 Å². The van der Waals surface area contributed by atoms with E-state index in [4.69, 9.17) is 9.97 Å². The molecule has 0 N–H and O–H groups in total. The minimum absolute atomic E-state index is 0.0120. The fraction of sp³-hybridized carbons (Fsp3) is 0.433. The van der Waals surface area contributed by atoms with Gasteiger partial charge < -0.3 is 0 Å². The molecule has 2 aromatic heterocycles. The fourth-order valence-electron chi connectivity index (χ4n) is 5.50. The highest BCUT2D eigenvalue weighted by atomic mass is 32.1. The second-order valence-electron chi connectivity index (χ2n) is 11.8. The zero-order valence-electron chi connectivity index (χ0n) is 21.1. The van der Waals surface area contributed by atoms with Gasteiger partial charge in [0.1, 0.15) is 6.33 Å². The van der Waals surface area contributed by atoms with Crippen molar-refractivity contribution in [2.45, 2.75) is 78.1 Å². The first-order valence-corrected chi connectivity index (χ1v) is 13.1. The van der Waals surface area contributed by atoms with E-state index in [0.717, 1.165) is 52.7 Å². The molecule has 0 spiro atoms. The van der Waals surface area contributed by atoms with Gasteiger partial charge in [0.25, 0.3) is 0 Å². The highest BCUT2D eigenvalue weighted by Crippen LogP contribution is 2.51. The molecule has 4 heteroatoms. The van der Waals surface area contributed by atoms with Crippen LogP contribution in [0.5, 0.6) is 0 Å². The quantitative estimate of drug-likeness (QED) is 0.297. The Bertz CT molecular complexity index is 1440. The zero-order chi connectivity index (χ0) is 24.3. The summed E-state index contributed by atoms with van der Waals surface area (Å²) in [5, 5.41) is 12.9. The second kappa shape index (κ2) is 7.89. The molecule has 0 amide bonds. The van der Waals surface area contributed by atoms with Gasteiger partial charge in [-0.25, -0.2) is 9.97 Å². The van der Waals surface area contributed by atoms with Crippen molar-refractivity contribution in [1.82, 2.24) is 9.97 Å². The van der Waals surface area contributed by atoms with Gasteiger partial charge in [0.2, 0.25) is 0 Å². The number of rotatable bonds is 2. The number of benzene rings is 2. The van der Waals surface area contributed by atoms with E-state index < -0.39 is 5.41 Å². The lowest BCUT2D eigenvalue weighted by molar-refractivity contribution is 0.195. The maximum absolute atomic E-state index is 10.4. The van der Waals surface area contributed by atoms with Crippen LogP contribution < -0.4 is 0 Å². The predicted molar refractivity (Wildman–Crippen MR) is 143 cm³/mol. The van der Waals surface area contributed by atoms with E-state index in [2.05, 4.69) is 84.0 Å². The van der Waals surface area contributed by atoms with Crippen LogP contribution in [0.1, 0.15) is 76.3 Å². The largest absolute Gasteiger partial charge is 0.235 e. The molecule has 0 aliphatic heterocycles. The van der Waals surface area contributed by atoms with Crippen LogP contribution in [0.3, 0.4) is 0 Å². The number of nitrogens with zero attached hydrogens (tertiary/aromatic N) is 3. The Kier molecular flexibility index (Phi) is 5.33. The van der Waals surface area contributed by atoms with Gasteiger partial charge in [-0.3, -0.25) is 0 Å². The third-order valence-corrected chi connectivity index (χ3v) is 9.24. The number of thiophene rings is 1. The highest BCUT2D eigenvalue weighted by Gasteiger charge is 2.42. The average Bonchev–Trinajstić information content (AvgIpc) is 3.15. The molecule has 1 aliphatic carbocycles. The van der Waals surface area contributed by atoms with E-state index >= 15 is 0 Å². The minimum atomic E-state index is -0.414. The number of fused-ring (bicyclic) bond motifs is 2. The van der Waals surface area contributed by atoms with Crippen molar-refractivity contribution in [2.24, 2.45) is 5.41 Å². The van der Waals surface area contributed by atoms with E-state index in [-0.39, 0.29) is 5.41 Å². The van der Waals surface area contributed by atoms with Gasteiger partial charge >= 0.3 is 0 Å². The van der Waals surface area contributed by atoms with E-state index in [1.807, 2.05) is 0 Å². The molecule has 2 aromatic carbocycles. The standard InChI is InChI=1S/C30H33N3S/c1-19-24-26(34-27(19)30(17-31)13-11-29(5,6)12-14-30)25(33-18-32-24)21-15-20-9-7-8-10-22(20)23(16-21)28(2,3)4/h7-10,15-16,18H,11-14H2,1-6H3. The van der Waals surface area contributed by atoms with E-state index in [0.29, 0.717) is 5.41 Å². The zero-order valence-corrected chi connectivity index (χ0v) is 21.9. The molecule has 34 heavy (non-hydrogen) atoms. The summed E-state index contributed by atoms with van der Waals surface area (Å²) in [4.78, 5) is 10.7. The van der Waals surface area contributed by atoms with Crippen molar-refractivity contribution in [3.8, 4) is 17.3 Å². The van der Waals surface area contributed by atoms with Crippen LogP contribution in [0.15, 0.2) is 42.7 Å². The molecule has 0 atom stereocenters. The Labute approximate surface area is 206 Å². The van der Waals surface area contributed by atoms with Crippen LogP contribution in [0.4, 0.5) is 0 Å². The maximum atomic E-state index is 10.4. The lowest BCUT2D eigenvalue weighted by atomic mass is 9.65. The molecular formula is C30H33N3S. The van der Waals surface area contributed by atoms with E-state index in [1.165, 1.54) is 21.2 Å². The van der Waals surface area contributed by atoms with Crippen LogP contribution >= 0.6 is 11.3 Å². The van der Waals surface area contributed by atoms with Crippen molar-refractivity contribution in [2.75, 3.05) is 0 Å². The summed E-state index contributed by atoms with van der Waals surface area (Å²) in [6, 6.07) is 15.9. The van der Waals surface area contributed by atoms with Gasteiger partial charge in [-0.05, 0) is 77.5 Å². The maximum Gasteiger partial charge on any atom is 0.116 e. The molecule has 2 heterocycles. The van der Waals surface area contributed by atoms with Crippen LogP contribution in [-0.2, 0) is 10.8 Å². The summed E-state index contributed by atoms with van der Waals surface area (Å²) in [7, 11) is 0. The van der Waals surface area contributed by atoms with Gasteiger partial charge in [0.05, 0.1) is 27.4 Å². The van der Waals surface area contributed by atoms with Gasteiger partial charge in [-0.2, -0.15) is 5.26 Å². The molecule has 5 rings (SSSR count). The molecule has 174 valence electrons. The average molecular weight is 468 g/mol. The molecule has 0 radical (unpaired) electrons. The normalized spacial score (nSPS) is 17.7. The smallest absolute Gasteiger partial charge is 0.116 e. The monoisotopic (exact) mass is 467 g/mol. The second-order valence-corrected chi connectivity index (χ2v) is 12.8. The van der Waals surface area contributed by atoms with Crippen molar-refractivity contribution < 1.29 is 0 Å². The predicted octanol–water partition coefficient (Wildman–Crippen LogP) is 8.48. The topological polar surface area (TPSA) is 49.6 Å². The number of aryl methyl sites for hydroxylation is 1. The van der Waals surface area contributed by atoms with Crippen LogP contribution in [0, 0.1) is 23.7 Å². The Hall–Kier alpha value is -2.77. The van der Waals surface area contributed by atoms with Crippen LogP contribution in [0.25, 0.3) is 32.2 Å². The Morgan fingerprint density at radius 2 is 1.71 bits per heavy atom. The molecule has 0 saturated heterocycles. The Balaban J connectivity index is 1.72. The number of nitriles is 1. The number of hydrogen-bond acceptors (Lipinski definition) is 4. The van der Waals surface area contributed by atoms with Crippen LogP contribution in [0.2, 0.25) is 0 Å². The van der Waals surface area contributed by atoms with Crippen molar-refractivity contribution in [3.63, 3.8) is 0 Å². The summed E-state index contributed by atoms with van der Waals surface area (Å²) in [5.41, 5.74) is 5.48. The lowest BCUT2D eigenvalue weighted by Gasteiger charge is -2.39. The Morgan fingerprint density at radius 1 is 1.00 bits per heavy atom. The molecule has 0 bridgehead atoms. The fourth-order valence-corrected chi connectivity index (χ4v) is 6.97. The van der Waals surface area contributed by atoms with Gasteiger partial charge in [-0.1, -0.05) is 58.9 Å². The van der Waals surface area contributed by atoms with Crippen molar-refractivity contribution in [1.29, 1.82) is 5.26 Å². The third kappa shape index (κ3) is 3.71. The summed E-state index contributed by atoms with van der Waals surface area (Å²) >= 11 is 1.75. The van der Waals surface area contributed by atoms with E-state index in [9.17, 15) is 5.26 Å². The molecule has 0 unspecified atom stereocenters. The van der Waals surface area contributed by atoms with Gasteiger partial charge in [-0.15, -0.1) is 11.3 Å². The first-order valence-electron chi connectivity index (χ1n) is 12.2. The first-order chi connectivity index (χ1) is 16.0. The summed E-state index contributed by atoms with van der Waals surface area (Å²) in [5.74, 6) is 0. The van der Waals surface area contributed by atoms with Crippen molar-refractivity contribution in [3.05, 3.63) is 58.7 Å². The number of aromatic nitrogens is 2. The lowest BCUT2D eigenvalue weighted by Crippen LogP contribution is -2.33. The molecule has 1 aliphatic rings. The molecule has 3 nitrogen and oxygen atoms in total. The summed E-state index contributed by atoms with van der Waals surface area (Å²) in [6.45, 7) is 13.6. The minimum Gasteiger partial charge on any atom is -0.235 e. The highest BCUT2D eigenvalue weighted by molar-refractivity contribution is 7.20. The summed E-state index contributed by atoms with van der Waals surface area (Å²) < 4.78 is 1.10.